The zero-order valence-electron chi connectivity index (χ0n) is 11.8. The van der Waals surface area contributed by atoms with Crippen molar-refractivity contribution in [1.29, 1.82) is 0 Å². The third-order valence-corrected chi connectivity index (χ3v) is 4.48. The molecule has 0 saturated carbocycles. The van der Waals surface area contributed by atoms with Crippen LogP contribution in [0.15, 0.2) is 0 Å². The summed E-state index contributed by atoms with van der Waals surface area (Å²) in [7, 11) is 1.17. The van der Waals surface area contributed by atoms with Gasteiger partial charge in [-0.25, -0.2) is 0 Å². The van der Waals surface area contributed by atoms with E-state index in [0.29, 0.717) is 10.5 Å². The topological polar surface area (TPSA) is 55.6 Å². The van der Waals surface area contributed by atoms with Crippen LogP contribution in [0.1, 0.15) is 32.0 Å². The number of rotatable bonds is 5. The minimum atomic E-state index is -0.770. The molecule has 0 radical (unpaired) electrons. The fourth-order valence-electron chi connectivity index (χ4n) is 2.36. The molecule has 0 fully saturated rings. The molecule has 19 heavy (non-hydrogen) atoms. The van der Waals surface area contributed by atoms with Crippen LogP contribution in [0, 0.1) is 4.77 Å². The quantitative estimate of drug-likeness (QED) is 0.862. The summed E-state index contributed by atoms with van der Waals surface area (Å²) >= 11 is 5.42. The second-order valence-corrected chi connectivity index (χ2v) is 6.78. The lowest BCUT2D eigenvalue weighted by atomic mass is 10.2. The van der Waals surface area contributed by atoms with E-state index < -0.39 is 10.8 Å². The smallest absolute Gasteiger partial charge is 0.179 e. The first-order valence-corrected chi connectivity index (χ1v) is 8.55. The van der Waals surface area contributed by atoms with Gasteiger partial charge in [0.05, 0.1) is 5.69 Å². The lowest BCUT2D eigenvalue weighted by Crippen LogP contribution is -2.11. The zero-order valence-corrected chi connectivity index (χ0v) is 13.4. The van der Waals surface area contributed by atoms with Crippen molar-refractivity contribution < 1.29 is 4.21 Å². The monoisotopic (exact) mass is 300 g/mol. The lowest BCUT2D eigenvalue weighted by molar-refractivity contribution is 0.526. The molecule has 2 atom stereocenters. The standard InChI is InChI=1S/C12H20N4OS2/c1-5-9-10-11(15(3)14-9)16(12(18)13-10)8(2)6-7-19(4)17/h8H,5-7H2,1-4H3,(H,13,18). The molecule has 0 spiro atoms. The van der Waals surface area contributed by atoms with Crippen LogP contribution in [-0.2, 0) is 24.3 Å². The van der Waals surface area contributed by atoms with E-state index >= 15 is 0 Å². The average molecular weight is 300 g/mol. The summed E-state index contributed by atoms with van der Waals surface area (Å²) in [6, 6.07) is 0.213. The summed E-state index contributed by atoms with van der Waals surface area (Å²) in [6.45, 7) is 4.19. The molecule has 2 unspecified atom stereocenters. The minimum absolute atomic E-state index is 0.213. The highest BCUT2D eigenvalue weighted by molar-refractivity contribution is 7.84. The van der Waals surface area contributed by atoms with E-state index in [1.807, 2.05) is 11.7 Å². The summed E-state index contributed by atoms with van der Waals surface area (Å²) in [6.07, 6.45) is 3.45. The van der Waals surface area contributed by atoms with Gasteiger partial charge in [-0.15, -0.1) is 0 Å². The summed E-state index contributed by atoms with van der Waals surface area (Å²) in [5, 5.41) is 4.51. The van der Waals surface area contributed by atoms with Gasteiger partial charge < -0.3 is 4.98 Å². The van der Waals surface area contributed by atoms with Gasteiger partial charge in [-0.2, -0.15) is 5.10 Å². The van der Waals surface area contributed by atoms with Crippen LogP contribution >= 0.6 is 12.2 Å². The van der Waals surface area contributed by atoms with Crippen molar-refractivity contribution in [1.82, 2.24) is 19.3 Å². The summed E-state index contributed by atoms with van der Waals surface area (Å²) in [4.78, 5) is 3.25. The van der Waals surface area contributed by atoms with Crippen LogP contribution in [0.2, 0.25) is 0 Å². The highest BCUT2D eigenvalue weighted by Crippen LogP contribution is 2.23. The van der Waals surface area contributed by atoms with E-state index in [0.717, 1.165) is 29.7 Å². The van der Waals surface area contributed by atoms with Gasteiger partial charge in [0.1, 0.15) is 5.52 Å². The Morgan fingerprint density at radius 2 is 2.21 bits per heavy atom. The number of aromatic amines is 1. The molecule has 0 aliphatic carbocycles. The summed E-state index contributed by atoms with van der Waals surface area (Å²) < 4.78 is 15.9. The summed E-state index contributed by atoms with van der Waals surface area (Å²) in [5.74, 6) is 0.689. The molecule has 2 heterocycles. The highest BCUT2D eigenvalue weighted by Gasteiger charge is 2.17. The number of aromatic nitrogens is 4. The number of aryl methyl sites for hydroxylation is 2. The van der Waals surface area contributed by atoms with Gasteiger partial charge in [-0.1, -0.05) is 6.92 Å². The summed E-state index contributed by atoms with van der Waals surface area (Å²) in [5.41, 5.74) is 3.09. The van der Waals surface area contributed by atoms with E-state index in [9.17, 15) is 4.21 Å². The third-order valence-electron chi connectivity index (χ3n) is 3.37. The molecule has 5 nitrogen and oxygen atoms in total. The van der Waals surface area contributed by atoms with Crippen molar-refractivity contribution in [3.63, 3.8) is 0 Å². The lowest BCUT2D eigenvalue weighted by Gasteiger charge is -2.13. The molecular formula is C12H20N4OS2. The molecule has 0 aliphatic heterocycles. The highest BCUT2D eigenvalue weighted by atomic mass is 32.2. The first-order chi connectivity index (χ1) is 8.95. The zero-order chi connectivity index (χ0) is 14.2. The van der Waals surface area contributed by atoms with E-state index in [4.69, 9.17) is 12.2 Å². The van der Waals surface area contributed by atoms with Crippen molar-refractivity contribution in [2.75, 3.05) is 12.0 Å². The van der Waals surface area contributed by atoms with Crippen LogP contribution in [-0.4, -0.2) is 35.5 Å². The van der Waals surface area contributed by atoms with E-state index in [1.165, 1.54) is 0 Å². The van der Waals surface area contributed by atoms with Gasteiger partial charge in [0.15, 0.2) is 10.4 Å². The van der Waals surface area contributed by atoms with Gasteiger partial charge >= 0.3 is 0 Å². The first-order valence-electron chi connectivity index (χ1n) is 6.41. The van der Waals surface area contributed by atoms with Crippen LogP contribution in [0.5, 0.6) is 0 Å². The molecule has 106 valence electrons. The second kappa shape index (κ2) is 5.58. The Balaban J connectivity index is 2.48. The number of H-pyrrole nitrogens is 1. The van der Waals surface area contributed by atoms with Gasteiger partial charge in [-0.3, -0.25) is 13.5 Å². The van der Waals surface area contributed by atoms with E-state index in [1.54, 1.807) is 6.26 Å². The Bertz CT molecular complexity index is 667. The SMILES string of the molecule is CCc1nn(C)c2c1[nH]c(=S)n2C(C)CCS(C)=O. The van der Waals surface area contributed by atoms with Crippen molar-refractivity contribution in [3.05, 3.63) is 10.5 Å². The number of imidazole rings is 1. The molecule has 2 aromatic heterocycles. The molecule has 0 aliphatic rings. The number of hydrogen-bond donors (Lipinski definition) is 1. The molecule has 0 bridgehead atoms. The van der Waals surface area contributed by atoms with Crippen molar-refractivity contribution >= 4 is 34.2 Å². The van der Waals surface area contributed by atoms with Crippen molar-refractivity contribution in [2.24, 2.45) is 7.05 Å². The maximum Gasteiger partial charge on any atom is 0.179 e. The molecular weight excluding hydrogens is 280 g/mol. The Morgan fingerprint density at radius 3 is 2.79 bits per heavy atom. The van der Waals surface area contributed by atoms with Crippen molar-refractivity contribution in [3.8, 4) is 0 Å². The average Bonchev–Trinajstić information content (AvgIpc) is 2.83. The normalized spacial score (nSPS) is 14.9. The number of fused-ring (bicyclic) bond motifs is 1. The largest absolute Gasteiger partial charge is 0.328 e. The molecule has 2 aromatic rings. The fourth-order valence-corrected chi connectivity index (χ4v) is 3.40. The molecule has 1 N–H and O–H groups in total. The van der Waals surface area contributed by atoms with Gasteiger partial charge in [0, 0.05) is 35.9 Å². The van der Waals surface area contributed by atoms with Crippen LogP contribution in [0.4, 0.5) is 0 Å². The second-order valence-electron chi connectivity index (χ2n) is 4.84. The maximum atomic E-state index is 11.2. The number of nitrogens with zero attached hydrogens (tertiary/aromatic N) is 3. The van der Waals surface area contributed by atoms with Crippen LogP contribution < -0.4 is 0 Å². The fraction of sp³-hybridized carbons (Fsp3) is 0.667. The first kappa shape index (κ1) is 14.5. The number of nitrogens with one attached hydrogen (secondary N) is 1. The predicted octanol–water partition coefficient (Wildman–Crippen LogP) is 2.32. The van der Waals surface area contributed by atoms with Crippen LogP contribution in [0.3, 0.4) is 0 Å². The molecule has 2 rings (SSSR count). The van der Waals surface area contributed by atoms with E-state index in [-0.39, 0.29) is 6.04 Å². The van der Waals surface area contributed by atoms with E-state index in [2.05, 4.69) is 28.5 Å². The number of hydrogen-bond acceptors (Lipinski definition) is 3. The molecule has 7 heteroatoms. The minimum Gasteiger partial charge on any atom is -0.328 e. The molecule has 0 saturated heterocycles. The Morgan fingerprint density at radius 1 is 1.53 bits per heavy atom. The van der Waals surface area contributed by atoms with Gasteiger partial charge in [-0.05, 0) is 32.0 Å². The van der Waals surface area contributed by atoms with Gasteiger partial charge in [0.2, 0.25) is 0 Å². The Kier molecular flexibility index (Phi) is 4.25. The van der Waals surface area contributed by atoms with Crippen molar-refractivity contribution in [2.45, 2.75) is 32.7 Å². The molecule has 0 amide bonds. The predicted molar refractivity (Wildman–Crippen MR) is 81.5 cm³/mol. The van der Waals surface area contributed by atoms with Crippen LogP contribution in [0.25, 0.3) is 11.2 Å². The maximum absolute atomic E-state index is 11.2. The third kappa shape index (κ3) is 2.67. The van der Waals surface area contributed by atoms with Gasteiger partial charge in [0.25, 0.3) is 0 Å². The Labute approximate surface area is 120 Å². The molecule has 0 aromatic carbocycles. The Hall–Kier alpha value is -0.950.